The third-order valence-electron chi connectivity index (χ3n) is 3.96. The molecule has 0 unspecified atom stereocenters. The van der Waals surface area contributed by atoms with Crippen LogP contribution in [-0.2, 0) is 6.42 Å². The molecule has 0 radical (unpaired) electrons. The molecular weight excluding hydrogens is 284 g/mol. The second-order valence-electron chi connectivity index (χ2n) is 6.46. The fourth-order valence-corrected chi connectivity index (χ4v) is 2.96. The van der Waals surface area contributed by atoms with Gasteiger partial charge in [-0.3, -0.25) is 4.79 Å². The van der Waals surface area contributed by atoms with E-state index in [0.717, 1.165) is 23.2 Å². The number of ketones is 1. The van der Waals surface area contributed by atoms with Gasteiger partial charge in [0.05, 0.1) is 11.6 Å². The number of fused-ring (bicyclic) bond motifs is 1. The normalized spacial score (nSPS) is 17.0. The van der Waals surface area contributed by atoms with E-state index in [0.29, 0.717) is 11.1 Å². The first-order valence-electron chi connectivity index (χ1n) is 7.61. The highest BCUT2D eigenvalue weighted by molar-refractivity contribution is 6.08. The first-order chi connectivity index (χ1) is 11.0. The SMILES string of the molecule is CC1(C)Cc2cc(C#N)ccc2/C(=C/C(=O)c2ccccc2)N1. The number of allylic oxidation sites excluding steroid dienone is 1. The maximum atomic E-state index is 12.5. The van der Waals surface area contributed by atoms with Gasteiger partial charge in [-0.15, -0.1) is 0 Å². The van der Waals surface area contributed by atoms with Crippen LogP contribution in [-0.4, -0.2) is 11.3 Å². The summed E-state index contributed by atoms with van der Waals surface area (Å²) in [5, 5.41) is 12.5. The Kier molecular flexibility index (Phi) is 3.75. The van der Waals surface area contributed by atoms with Gasteiger partial charge in [0.25, 0.3) is 0 Å². The molecule has 3 rings (SSSR count). The molecule has 0 atom stereocenters. The van der Waals surface area contributed by atoms with Crippen molar-refractivity contribution in [2.75, 3.05) is 0 Å². The first kappa shape index (κ1) is 15.1. The van der Waals surface area contributed by atoms with Gasteiger partial charge in [0.15, 0.2) is 5.78 Å². The molecule has 2 aromatic carbocycles. The van der Waals surface area contributed by atoms with E-state index in [4.69, 9.17) is 5.26 Å². The minimum absolute atomic E-state index is 0.0268. The lowest BCUT2D eigenvalue weighted by atomic mass is 9.84. The summed E-state index contributed by atoms with van der Waals surface area (Å²) in [5.41, 5.74) is 4.06. The summed E-state index contributed by atoms with van der Waals surface area (Å²) in [6, 6.07) is 17.0. The van der Waals surface area contributed by atoms with Crippen LogP contribution in [0.15, 0.2) is 54.6 Å². The van der Waals surface area contributed by atoms with E-state index in [-0.39, 0.29) is 11.3 Å². The van der Waals surface area contributed by atoms with Crippen LogP contribution >= 0.6 is 0 Å². The lowest BCUT2D eigenvalue weighted by Crippen LogP contribution is -2.43. The molecule has 1 N–H and O–H groups in total. The van der Waals surface area contributed by atoms with Crippen molar-refractivity contribution in [3.8, 4) is 6.07 Å². The second kappa shape index (κ2) is 5.73. The van der Waals surface area contributed by atoms with Crippen molar-refractivity contribution in [3.05, 3.63) is 76.9 Å². The van der Waals surface area contributed by atoms with Crippen LogP contribution < -0.4 is 5.32 Å². The van der Waals surface area contributed by atoms with Gasteiger partial charge in [-0.05, 0) is 38.0 Å². The third kappa shape index (κ3) is 3.17. The first-order valence-corrected chi connectivity index (χ1v) is 7.61. The van der Waals surface area contributed by atoms with Gasteiger partial charge in [0.2, 0.25) is 0 Å². The number of carbonyl (C=O) groups is 1. The Morgan fingerprint density at radius 1 is 1.22 bits per heavy atom. The lowest BCUT2D eigenvalue weighted by molar-refractivity contribution is 0.104. The Balaban J connectivity index is 2.05. The van der Waals surface area contributed by atoms with Gasteiger partial charge in [-0.2, -0.15) is 5.26 Å². The average molecular weight is 302 g/mol. The Hall–Kier alpha value is -2.86. The minimum atomic E-state index is -0.163. The van der Waals surface area contributed by atoms with Crippen LogP contribution in [0.2, 0.25) is 0 Å². The van der Waals surface area contributed by atoms with E-state index in [1.165, 1.54) is 0 Å². The largest absolute Gasteiger partial charge is 0.379 e. The molecule has 0 fully saturated rings. The highest BCUT2D eigenvalue weighted by Gasteiger charge is 2.28. The van der Waals surface area contributed by atoms with Crippen molar-refractivity contribution < 1.29 is 4.79 Å². The van der Waals surface area contributed by atoms with E-state index in [2.05, 4.69) is 25.2 Å². The monoisotopic (exact) mass is 302 g/mol. The van der Waals surface area contributed by atoms with Gasteiger partial charge in [-0.25, -0.2) is 0 Å². The molecule has 0 bridgehead atoms. The second-order valence-corrected chi connectivity index (χ2v) is 6.46. The van der Waals surface area contributed by atoms with Gasteiger partial charge >= 0.3 is 0 Å². The third-order valence-corrected chi connectivity index (χ3v) is 3.96. The fraction of sp³-hybridized carbons (Fsp3) is 0.200. The molecule has 23 heavy (non-hydrogen) atoms. The van der Waals surface area contributed by atoms with E-state index >= 15 is 0 Å². The molecule has 0 aromatic heterocycles. The predicted molar refractivity (Wildman–Crippen MR) is 90.8 cm³/mol. The van der Waals surface area contributed by atoms with Crippen LogP contribution in [0.5, 0.6) is 0 Å². The van der Waals surface area contributed by atoms with Crippen LogP contribution in [0.25, 0.3) is 5.70 Å². The van der Waals surface area contributed by atoms with E-state index in [1.807, 2.05) is 42.5 Å². The molecule has 0 amide bonds. The molecule has 0 spiro atoms. The summed E-state index contributed by atoms with van der Waals surface area (Å²) in [4.78, 5) is 12.5. The number of nitriles is 1. The summed E-state index contributed by atoms with van der Waals surface area (Å²) in [5.74, 6) is -0.0268. The van der Waals surface area contributed by atoms with Crippen molar-refractivity contribution in [3.63, 3.8) is 0 Å². The molecule has 3 nitrogen and oxygen atoms in total. The molecule has 1 heterocycles. The average Bonchev–Trinajstić information content (AvgIpc) is 2.54. The minimum Gasteiger partial charge on any atom is -0.379 e. The Labute approximate surface area is 136 Å². The summed E-state index contributed by atoms with van der Waals surface area (Å²) < 4.78 is 0. The Bertz CT molecular complexity index is 826. The van der Waals surface area contributed by atoms with Crippen LogP contribution in [0.1, 0.15) is 40.9 Å². The van der Waals surface area contributed by atoms with Gasteiger partial charge in [-0.1, -0.05) is 36.4 Å². The zero-order chi connectivity index (χ0) is 16.4. The summed E-state index contributed by atoms with van der Waals surface area (Å²) >= 11 is 0. The molecule has 1 aliphatic rings. The molecule has 0 saturated carbocycles. The molecule has 2 aromatic rings. The van der Waals surface area contributed by atoms with E-state index in [9.17, 15) is 4.79 Å². The van der Waals surface area contributed by atoms with Gasteiger partial charge in [0, 0.05) is 28.4 Å². The zero-order valence-electron chi connectivity index (χ0n) is 13.3. The van der Waals surface area contributed by atoms with Crippen molar-refractivity contribution in [2.24, 2.45) is 0 Å². The summed E-state index contributed by atoms with van der Waals surface area (Å²) in [7, 11) is 0. The summed E-state index contributed by atoms with van der Waals surface area (Å²) in [6.07, 6.45) is 2.47. The predicted octanol–water partition coefficient (Wildman–Crippen LogP) is 3.71. The van der Waals surface area contributed by atoms with Crippen LogP contribution in [0, 0.1) is 11.3 Å². The molecular formula is C20H18N2O. The van der Waals surface area contributed by atoms with Crippen molar-refractivity contribution >= 4 is 11.5 Å². The molecule has 114 valence electrons. The fourth-order valence-electron chi connectivity index (χ4n) is 2.96. The van der Waals surface area contributed by atoms with Crippen molar-refractivity contribution in [1.29, 1.82) is 5.26 Å². The van der Waals surface area contributed by atoms with Crippen molar-refractivity contribution in [1.82, 2.24) is 5.32 Å². The molecule has 1 aliphatic heterocycles. The Morgan fingerprint density at radius 3 is 2.65 bits per heavy atom. The highest BCUT2D eigenvalue weighted by atomic mass is 16.1. The summed E-state index contributed by atoms with van der Waals surface area (Å²) in [6.45, 7) is 4.19. The van der Waals surface area contributed by atoms with Crippen LogP contribution in [0.3, 0.4) is 0 Å². The van der Waals surface area contributed by atoms with E-state index < -0.39 is 0 Å². The number of hydrogen-bond acceptors (Lipinski definition) is 3. The standard InChI is InChI=1S/C20H18N2O/c1-20(2)12-16-10-14(13-21)8-9-17(16)18(22-20)11-19(23)15-6-4-3-5-7-15/h3-11,22H,12H2,1-2H3/b18-11-. The van der Waals surface area contributed by atoms with Crippen LogP contribution in [0.4, 0.5) is 0 Å². The number of hydrogen-bond donors (Lipinski definition) is 1. The lowest BCUT2D eigenvalue weighted by Gasteiger charge is -2.35. The molecule has 3 heteroatoms. The number of nitrogens with one attached hydrogen (secondary N) is 1. The number of carbonyl (C=O) groups excluding carboxylic acids is 1. The number of benzene rings is 2. The van der Waals surface area contributed by atoms with E-state index in [1.54, 1.807) is 12.1 Å². The smallest absolute Gasteiger partial charge is 0.187 e. The maximum Gasteiger partial charge on any atom is 0.187 e. The maximum absolute atomic E-state index is 12.5. The van der Waals surface area contributed by atoms with Gasteiger partial charge in [0.1, 0.15) is 0 Å². The number of rotatable bonds is 2. The highest BCUT2D eigenvalue weighted by Crippen LogP contribution is 2.30. The molecule has 0 aliphatic carbocycles. The topological polar surface area (TPSA) is 52.9 Å². The van der Waals surface area contributed by atoms with Gasteiger partial charge < -0.3 is 5.32 Å². The molecule has 0 saturated heterocycles. The quantitative estimate of drug-likeness (QED) is 0.679. The zero-order valence-corrected chi connectivity index (χ0v) is 13.3. The van der Waals surface area contributed by atoms with Crippen molar-refractivity contribution in [2.45, 2.75) is 25.8 Å². The number of nitrogens with zero attached hydrogens (tertiary/aromatic N) is 1. The Morgan fingerprint density at radius 2 is 1.96 bits per heavy atom.